The molecule has 15 rings (SSSR count). The Morgan fingerprint density at radius 1 is 0.225 bits per heavy atom. The van der Waals surface area contributed by atoms with Gasteiger partial charge in [0.15, 0.2) is 0 Å². The minimum absolute atomic E-state index is 0.247. The highest BCUT2D eigenvalue weighted by molar-refractivity contribution is 5.86. The molecule has 11 aromatic carbocycles. The molecule has 0 N–H and O–H groups in total. The van der Waals surface area contributed by atoms with E-state index in [2.05, 4.69) is 303 Å². The average molecular weight is 905 g/mol. The van der Waals surface area contributed by atoms with Crippen LogP contribution < -0.4 is 0 Å². The molecule has 0 aliphatic heterocycles. The first kappa shape index (κ1) is 42.5. The monoisotopic (exact) mass is 904 g/mol. The molecule has 71 heavy (non-hydrogen) atoms. The zero-order valence-electron chi connectivity index (χ0n) is 39.5. The average Bonchev–Trinajstić information content (AvgIpc) is 3.89. The normalized spacial score (nSPS) is 17.5. The van der Waals surface area contributed by atoms with Crippen molar-refractivity contribution in [3.63, 3.8) is 0 Å². The largest absolute Gasteiger partial charge is 0.0713 e. The first-order chi connectivity index (χ1) is 35.3. The third-order valence-corrected chi connectivity index (χ3v) is 16.2. The molecular weight excluding hydrogens is 853 g/mol. The van der Waals surface area contributed by atoms with E-state index in [4.69, 9.17) is 0 Å². The molecule has 0 amide bonds. The van der Waals surface area contributed by atoms with Crippen LogP contribution in [0.5, 0.6) is 0 Å². The van der Waals surface area contributed by atoms with Crippen molar-refractivity contribution in [1.82, 2.24) is 0 Å². The van der Waals surface area contributed by atoms with E-state index in [0.29, 0.717) is 11.8 Å². The van der Waals surface area contributed by atoms with Crippen molar-refractivity contribution in [2.45, 2.75) is 28.1 Å². The van der Waals surface area contributed by atoms with Gasteiger partial charge in [-0.05, 0) is 89.0 Å². The third kappa shape index (κ3) is 6.24. The zero-order valence-corrected chi connectivity index (χ0v) is 39.5. The topological polar surface area (TPSA) is 0 Å². The Morgan fingerprint density at radius 3 is 0.817 bits per heavy atom. The minimum atomic E-state index is -0.328. The van der Waals surface area contributed by atoms with Crippen molar-refractivity contribution in [2.75, 3.05) is 0 Å². The van der Waals surface area contributed by atoms with Gasteiger partial charge in [0.1, 0.15) is 0 Å². The molecule has 4 aliphatic carbocycles. The van der Waals surface area contributed by atoms with Gasteiger partial charge in [-0.15, -0.1) is 0 Å². The lowest BCUT2D eigenvalue weighted by Gasteiger charge is -2.58. The predicted molar refractivity (Wildman–Crippen MR) is 292 cm³/mol. The molecule has 2 atom stereocenters. The van der Waals surface area contributed by atoms with E-state index in [1.807, 2.05) is 0 Å². The highest BCUT2D eigenvalue weighted by atomic mass is 14.7. The molecule has 4 aliphatic rings. The summed E-state index contributed by atoms with van der Waals surface area (Å²) < 4.78 is 0. The molecule has 0 nitrogen and oxygen atoms in total. The number of hydrogen-bond donors (Lipinski definition) is 0. The first-order valence-electron chi connectivity index (χ1n) is 25.1. The fraction of sp³-hybridized carbons (Fsp3) is 0.0704. The second-order valence-electron chi connectivity index (χ2n) is 19.3. The van der Waals surface area contributed by atoms with E-state index in [1.54, 1.807) is 33.4 Å². The van der Waals surface area contributed by atoms with E-state index in [0.717, 1.165) is 0 Å². The van der Waals surface area contributed by atoms with Crippen LogP contribution in [0, 0.1) is 0 Å². The molecule has 336 valence electrons. The molecule has 0 saturated heterocycles. The smallest absolute Gasteiger partial charge is 0.0622 e. The SMILES string of the molecule is c1ccc(C(c2ccccc2)(c2ccccc2)c2ccccc2)cc1.c1ccc(C2(c3ccccc3)c3ccccc3-c3ccccc32)cc1.c1ccc2c(c1)C1c3ccccc3C13c1ccccc1C23. The standard InChI is InChI=1S/C25H18.C25H20.C21H14/c1-3-11-19(12-4-1)25(20-13-5-2-6-14-20)23-17-9-7-15-21(23)22-16-8-10-18-24(22)25;1-5-13-21(14-6-1)25(22-15-7-2-8-16-22,23-17-9-3-10-18-23)24-19-11-4-12-20-24;1-2-8-14-13(7-1)19-15-9-3-5-11-17(15)21(19)18-12-6-4-10-16(18)20(14)21/h1-18H;1-20H;1-12,19-20H. The summed E-state index contributed by atoms with van der Waals surface area (Å²) in [6, 6.07) is 110. The van der Waals surface area contributed by atoms with Gasteiger partial charge in [0.2, 0.25) is 0 Å². The molecule has 0 radical (unpaired) electrons. The van der Waals surface area contributed by atoms with Crippen LogP contribution >= 0.6 is 0 Å². The fourth-order valence-electron chi connectivity index (χ4n) is 13.5. The number of rotatable bonds is 6. The van der Waals surface area contributed by atoms with E-state index in [9.17, 15) is 0 Å². The van der Waals surface area contributed by atoms with Crippen LogP contribution in [0.25, 0.3) is 11.1 Å². The van der Waals surface area contributed by atoms with Crippen LogP contribution in [0.3, 0.4) is 0 Å². The van der Waals surface area contributed by atoms with Gasteiger partial charge < -0.3 is 0 Å². The molecule has 11 aromatic rings. The maximum Gasteiger partial charge on any atom is 0.0713 e. The summed E-state index contributed by atoms with van der Waals surface area (Å²) in [4.78, 5) is 0. The van der Waals surface area contributed by atoms with Crippen molar-refractivity contribution in [3.05, 3.63) is 381 Å². The van der Waals surface area contributed by atoms with Gasteiger partial charge in [-0.3, -0.25) is 0 Å². The Morgan fingerprint density at radius 2 is 0.479 bits per heavy atom. The lowest BCUT2D eigenvalue weighted by molar-refractivity contribution is 0.332. The van der Waals surface area contributed by atoms with Gasteiger partial charge in [0.25, 0.3) is 0 Å². The molecule has 2 unspecified atom stereocenters. The lowest BCUT2D eigenvalue weighted by atomic mass is 9.43. The highest BCUT2D eigenvalue weighted by Crippen LogP contribution is 2.77. The maximum atomic E-state index is 2.35. The van der Waals surface area contributed by atoms with E-state index >= 15 is 0 Å². The van der Waals surface area contributed by atoms with Crippen molar-refractivity contribution in [1.29, 1.82) is 0 Å². The summed E-state index contributed by atoms with van der Waals surface area (Å²) in [5.41, 5.74) is 22.1. The van der Waals surface area contributed by atoms with Crippen molar-refractivity contribution in [2.24, 2.45) is 0 Å². The van der Waals surface area contributed by atoms with Gasteiger partial charge in [0, 0.05) is 17.3 Å². The van der Waals surface area contributed by atoms with Gasteiger partial charge >= 0.3 is 0 Å². The number of fused-ring (bicyclic) bond motifs is 10. The summed E-state index contributed by atoms with van der Waals surface area (Å²) in [7, 11) is 0. The number of benzene rings is 11. The van der Waals surface area contributed by atoms with Crippen molar-refractivity contribution >= 4 is 0 Å². The first-order valence-corrected chi connectivity index (χ1v) is 25.1. The van der Waals surface area contributed by atoms with E-state index in [1.165, 1.54) is 55.6 Å². The Labute approximate surface area is 418 Å². The Bertz CT molecular complexity index is 3190. The molecule has 0 bridgehead atoms. The van der Waals surface area contributed by atoms with Crippen LogP contribution in [0.2, 0.25) is 0 Å². The zero-order chi connectivity index (χ0) is 47.2. The van der Waals surface area contributed by atoms with Gasteiger partial charge in [-0.2, -0.15) is 0 Å². The van der Waals surface area contributed by atoms with Crippen molar-refractivity contribution < 1.29 is 0 Å². The predicted octanol–water partition coefficient (Wildman–Crippen LogP) is 16.7. The van der Waals surface area contributed by atoms with E-state index < -0.39 is 0 Å². The molecule has 1 spiro atoms. The van der Waals surface area contributed by atoms with Gasteiger partial charge in [-0.25, -0.2) is 0 Å². The van der Waals surface area contributed by atoms with Crippen LogP contribution in [0.1, 0.15) is 89.7 Å². The Balaban J connectivity index is 0.000000104. The molecule has 0 heteroatoms. The second-order valence-corrected chi connectivity index (χ2v) is 19.3. The maximum absolute atomic E-state index is 2.35. The third-order valence-electron chi connectivity index (χ3n) is 16.2. The summed E-state index contributed by atoms with van der Waals surface area (Å²) in [6.07, 6.45) is 0. The van der Waals surface area contributed by atoms with Gasteiger partial charge in [0.05, 0.1) is 10.8 Å². The molecule has 0 aromatic heterocycles. The minimum Gasteiger partial charge on any atom is -0.0622 e. The molecule has 0 saturated carbocycles. The Kier molecular flexibility index (Phi) is 10.4. The van der Waals surface area contributed by atoms with Crippen LogP contribution in [0.15, 0.2) is 303 Å². The molecule has 0 heterocycles. The van der Waals surface area contributed by atoms with E-state index in [-0.39, 0.29) is 16.2 Å². The quantitative estimate of drug-likeness (QED) is 0.146. The molecule has 0 fully saturated rings. The van der Waals surface area contributed by atoms with Crippen LogP contribution in [-0.2, 0) is 16.2 Å². The summed E-state index contributed by atoms with van der Waals surface area (Å²) in [6.45, 7) is 0. The summed E-state index contributed by atoms with van der Waals surface area (Å²) >= 11 is 0. The van der Waals surface area contributed by atoms with Crippen molar-refractivity contribution in [3.8, 4) is 11.1 Å². The fourth-order valence-corrected chi connectivity index (χ4v) is 13.5. The van der Waals surface area contributed by atoms with Crippen LogP contribution in [0.4, 0.5) is 0 Å². The number of hydrogen-bond acceptors (Lipinski definition) is 0. The summed E-state index contributed by atoms with van der Waals surface area (Å²) in [5, 5.41) is 0. The second kappa shape index (κ2) is 17.4. The highest BCUT2D eigenvalue weighted by Gasteiger charge is 2.69. The Hall–Kier alpha value is -8.58. The molecular formula is C71H52. The lowest BCUT2D eigenvalue weighted by Crippen LogP contribution is -2.52. The summed E-state index contributed by atoms with van der Waals surface area (Å²) in [5.74, 6) is 1.15. The van der Waals surface area contributed by atoms with Crippen LogP contribution in [-0.4, -0.2) is 0 Å². The van der Waals surface area contributed by atoms with Gasteiger partial charge in [-0.1, -0.05) is 303 Å².